The van der Waals surface area contributed by atoms with Gasteiger partial charge in [-0.25, -0.2) is 19.9 Å². The first-order chi connectivity index (χ1) is 13.8. The number of thiazole rings is 1. The number of rotatable bonds is 5. The van der Waals surface area contributed by atoms with Crippen molar-refractivity contribution in [3.05, 3.63) is 60.8 Å². The highest BCUT2D eigenvalue weighted by molar-refractivity contribution is 7.22. The van der Waals surface area contributed by atoms with Gasteiger partial charge in [0.25, 0.3) is 0 Å². The molecule has 5 rings (SSSR count). The van der Waals surface area contributed by atoms with Crippen LogP contribution in [0.4, 0.5) is 10.9 Å². The highest BCUT2D eigenvalue weighted by atomic mass is 32.1. The first-order valence-electron chi connectivity index (χ1n) is 9.44. The van der Waals surface area contributed by atoms with Crippen LogP contribution in [0.1, 0.15) is 18.4 Å². The van der Waals surface area contributed by atoms with Gasteiger partial charge in [0.05, 0.1) is 10.2 Å². The summed E-state index contributed by atoms with van der Waals surface area (Å²) in [6.45, 7) is 3.37. The van der Waals surface area contributed by atoms with Crippen LogP contribution in [0.2, 0.25) is 0 Å². The van der Waals surface area contributed by atoms with E-state index >= 15 is 0 Å². The molecule has 0 spiro atoms. The molecule has 1 fully saturated rings. The van der Waals surface area contributed by atoms with E-state index in [-0.39, 0.29) is 0 Å². The van der Waals surface area contributed by atoms with Gasteiger partial charge < -0.3 is 5.32 Å². The second-order valence-electron chi connectivity index (χ2n) is 6.99. The molecule has 1 N–H and O–H groups in total. The summed E-state index contributed by atoms with van der Waals surface area (Å²) in [6, 6.07) is 10.4. The molecule has 1 saturated heterocycles. The number of anilines is 2. The molecule has 4 heterocycles. The van der Waals surface area contributed by atoms with Crippen molar-refractivity contribution in [2.45, 2.75) is 19.4 Å². The predicted octanol–water partition coefficient (Wildman–Crippen LogP) is 4.49. The van der Waals surface area contributed by atoms with Crippen LogP contribution in [-0.2, 0) is 6.54 Å². The number of aromatic nitrogens is 4. The zero-order valence-electron chi connectivity index (χ0n) is 15.4. The molecule has 6 nitrogen and oxygen atoms in total. The first kappa shape index (κ1) is 17.2. The van der Waals surface area contributed by atoms with E-state index in [0.29, 0.717) is 0 Å². The summed E-state index contributed by atoms with van der Waals surface area (Å²) >= 11 is 1.63. The van der Waals surface area contributed by atoms with E-state index in [9.17, 15) is 0 Å². The number of nitrogens with zero attached hydrogens (tertiary/aromatic N) is 5. The number of hydrogen-bond donors (Lipinski definition) is 1. The molecule has 3 aromatic heterocycles. The molecule has 1 aromatic carbocycles. The molecule has 1 aliphatic rings. The van der Waals surface area contributed by atoms with Crippen LogP contribution >= 0.6 is 11.3 Å². The van der Waals surface area contributed by atoms with Gasteiger partial charge in [-0.1, -0.05) is 17.4 Å². The van der Waals surface area contributed by atoms with Crippen LogP contribution < -0.4 is 5.32 Å². The fourth-order valence-corrected chi connectivity index (χ4v) is 4.47. The van der Waals surface area contributed by atoms with E-state index in [2.05, 4.69) is 49.4 Å². The van der Waals surface area contributed by atoms with Crippen LogP contribution in [-0.4, -0.2) is 37.9 Å². The minimum absolute atomic E-state index is 0.840. The van der Waals surface area contributed by atoms with Gasteiger partial charge in [0.2, 0.25) is 0 Å². The quantitative estimate of drug-likeness (QED) is 0.543. The molecule has 0 amide bonds. The van der Waals surface area contributed by atoms with E-state index in [1.165, 1.54) is 31.5 Å². The van der Waals surface area contributed by atoms with E-state index in [0.717, 1.165) is 38.8 Å². The van der Waals surface area contributed by atoms with Crippen LogP contribution in [0.25, 0.3) is 21.3 Å². The van der Waals surface area contributed by atoms with Crippen molar-refractivity contribution in [3.8, 4) is 11.1 Å². The monoisotopic (exact) mass is 388 g/mol. The molecule has 140 valence electrons. The summed E-state index contributed by atoms with van der Waals surface area (Å²) < 4.78 is 1.12. The Morgan fingerprint density at radius 1 is 1.00 bits per heavy atom. The lowest BCUT2D eigenvalue weighted by Gasteiger charge is -2.14. The van der Waals surface area contributed by atoms with Gasteiger partial charge in [-0.05, 0) is 61.3 Å². The standard InChI is InChI=1S/C21H20N6S/c1-2-8-27(7-1)13-15-5-6-24-20(9-15)26-21-25-18-4-3-16(10-19(18)28-21)17-11-22-14-23-12-17/h3-6,9-12,14H,1-2,7-8,13H2,(H,24,25,26). The average molecular weight is 389 g/mol. The maximum atomic E-state index is 4.70. The largest absolute Gasteiger partial charge is 0.316 e. The Balaban J connectivity index is 1.36. The van der Waals surface area contributed by atoms with Crippen molar-refractivity contribution in [3.63, 3.8) is 0 Å². The van der Waals surface area contributed by atoms with E-state index in [1.54, 1.807) is 17.7 Å². The van der Waals surface area contributed by atoms with Crippen molar-refractivity contribution in [1.82, 2.24) is 24.8 Å². The zero-order valence-corrected chi connectivity index (χ0v) is 16.2. The molecule has 7 heteroatoms. The third-order valence-corrected chi connectivity index (χ3v) is 5.88. The number of hydrogen-bond acceptors (Lipinski definition) is 7. The fraction of sp³-hybridized carbons (Fsp3) is 0.238. The molecule has 0 bridgehead atoms. The molecular weight excluding hydrogens is 368 g/mol. The molecule has 0 unspecified atom stereocenters. The Kier molecular flexibility index (Phi) is 4.68. The molecule has 0 atom stereocenters. The van der Waals surface area contributed by atoms with Crippen molar-refractivity contribution >= 4 is 32.5 Å². The summed E-state index contributed by atoms with van der Waals surface area (Å²) in [7, 11) is 0. The number of pyridine rings is 1. The molecule has 0 saturated carbocycles. The Hall–Kier alpha value is -2.90. The average Bonchev–Trinajstić information content (AvgIpc) is 3.37. The predicted molar refractivity (Wildman–Crippen MR) is 113 cm³/mol. The van der Waals surface area contributed by atoms with Gasteiger partial charge in [0.1, 0.15) is 12.1 Å². The summed E-state index contributed by atoms with van der Waals surface area (Å²) in [6.07, 6.45) is 9.67. The summed E-state index contributed by atoms with van der Waals surface area (Å²) in [4.78, 5) is 19.9. The highest BCUT2D eigenvalue weighted by Gasteiger charge is 2.12. The second kappa shape index (κ2) is 7.61. The van der Waals surface area contributed by atoms with Crippen LogP contribution in [0.5, 0.6) is 0 Å². The first-order valence-corrected chi connectivity index (χ1v) is 10.3. The molecule has 28 heavy (non-hydrogen) atoms. The number of fused-ring (bicyclic) bond motifs is 1. The molecule has 0 aliphatic carbocycles. The Morgan fingerprint density at radius 2 is 1.86 bits per heavy atom. The van der Waals surface area contributed by atoms with Crippen molar-refractivity contribution in [1.29, 1.82) is 0 Å². The normalized spacial score (nSPS) is 14.6. The minimum Gasteiger partial charge on any atom is -0.316 e. The maximum absolute atomic E-state index is 4.70. The zero-order chi connectivity index (χ0) is 18.8. The molecular formula is C21H20N6S. The number of benzene rings is 1. The Morgan fingerprint density at radius 3 is 2.71 bits per heavy atom. The minimum atomic E-state index is 0.840. The number of nitrogens with one attached hydrogen (secondary N) is 1. The molecule has 1 aliphatic heterocycles. The smallest absolute Gasteiger partial charge is 0.189 e. The Bertz CT molecular complexity index is 1090. The van der Waals surface area contributed by atoms with Gasteiger partial charge in [0, 0.05) is 30.7 Å². The van der Waals surface area contributed by atoms with Gasteiger partial charge in [0.15, 0.2) is 5.13 Å². The SMILES string of the molecule is c1ncc(-c2ccc3nc(Nc4cc(CN5CCCC5)ccn4)sc3c2)cn1. The third-order valence-electron chi connectivity index (χ3n) is 4.95. The van der Waals surface area contributed by atoms with Crippen molar-refractivity contribution in [2.24, 2.45) is 0 Å². The summed E-state index contributed by atoms with van der Waals surface area (Å²) in [5.41, 5.74) is 4.35. The van der Waals surface area contributed by atoms with Gasteiger partial charge in [-0.15, -0.1) is 0 Å². The van der Waals surface area contributed by atoms with Gasteiger partial charge in [-0.2, -0.15) is 0 Å². The van der Waals surface area contributed by atoms with Crippen LogP contribution in [0, 0.1) is 0 Å². The summed E-state index contributed by atoms with van der Waals surface area (Å²) in [5, 5.41) is 4.22. The van der Waals surface area contributed by atoms with E-state index < -0.39 is 0 Å². The van der Waals surface area contributed by atoms with Crippen LogP contribution in [0.3, 0.4) is 0 Å². The lowest BCUT2D eigenvalue weighted by Crippen LogP contribution is -2.18. The number of likely N-dealkylation sites (tertiary alicyclic amines) is 1. The highest BCUT2D eigenvalue weighted by Crippen LogP contribution is 2.31. The fourth-order valence-electron chi connectivity index (χ4n) is 3.56. The third kappa shape index (κ3) is 3.72. The topological polar surface area (TPSA) is 66.8 Å². The van der Waals surface area contributed by atoms with E-state index in [4.69, 9.17) is 4.98 Å². The van der Waals surface area contributed by atoms with Gasteiger partial charge in [-0.3, -0.25) is 4.90 Å². The lowest BCUT2D eigenvalue weighted by molar-refractivity contribution is 0.331. The summed E-state index contributed by atoms with van der Waals surface area (Å²) in [5.74, 6) is 0.840. The second-order valence-corrected chi connectivity index (χ2v) is 8.02. The van der Waals surface area contributed by atoms with E-state index in [1.807, 2.05) is 24.7 Å². The molecule has 0 radical (unpaired) electrons. The van der Waals surface area contributed by atoms with Crippen LogP contribution in [0.15, 0.2) is 55.2 Å². The van der Waals surface area contributed by atoms with Crippen molar-refractivity contribution < 1.29 is 0 Å². The van der Waals surface area contributed by atoms with Gasteiger partial charge >= 0.3 is 0 Å². The molecule has 4 aromatic rings. The lowest BCUT2D eigenvalue weighted by atomic mass is 10.1. The van der Waals surface area contributed by atoms with Crippen molar-refractivity contribution in [2.75, 3.05) is 18.4 Å². The Labute approximate surface area is 167 Å². The maximum Gasteiger partial charge on any atom is 0.189 e.